The Bertz CT molecular complexity index is 457. The lowest BCUT2D eigenvalue weighted by atomic mass is 9.82. The van der Waals surface area contributed by atoms with Crippen molar-refractivity contribution < 1.29 is 0 Å². The van der Waals surface area contributed by atoms with E-state index in [0.29, 0.717) is 6.04 Å². The van der Waals surface area contributed by atoms with Crippen LogP contribution >= 0.6 is 0 Å². The number of nitrogens with zero attached hydrogens (tertiary/aromatic N) is 2. The van der Waals surface area contributed by atoms with Gasteiger partial charge in [0.05, 0.1) is 11.4 Å². The lowest BCUT2D eigenvalue weighted by Gasteiger charge is -2.27. The van der Waals surface area contributed by atoms with Gasteiger partial charge >= 0.3 is 0 Å². The van der Waals surface area contributed by atoms with Gasteiger partial charge in [-0.1, -0.05) is 6.42 Å². The zero-order chi connectivity index (χ0) is 13.4. The van der Waals surface area contributed by atoms with Crippen molar-refractivity contribution in [1.29, 1.82) is 0 Å². The molecule has 104 valence electrons. The smallest absolute Gasteiger partial charge is 0.0648 e. The van der Waals surface area contributed by atoms with Gasteiger partial charge in [0.2, 0.25) is 0 Å². The number of rotatable bonds is 4. The Balaban J connectivity index is 1.75. The summed E-state index contributed by atoms with van der Waals surface area (Å²) < 4.78 is 0. The van der Waals surface area contributed by atoms with E-state index in [0.717, 1.165) is 29.1 Å². The first-order valence-corrected chi connectivity index (χ1v) is 7.65. The second kappa shape index (κ2) is 5.20. The number of aromatic nitrogens is 2. The van der Waals surface area contributed by atoms with E-state index in [2.05, 4.69) is 35.6 Å². The minimum Gasteiger partial charge on any atom is -0.313 e. The van der Waals surface area contributed by atoms with Gasteiger partial charge in [0, 0.05) is 6.04 Å². The van der Waals surface area contributed by atoms with Crippen LogP contribution in [0.3, 0.4) is 0 Å². The summed E-state index contributed by atoms with van der Waals surface area (Å²) in [5.41, 5.74) is 3.44. The Hall–Kier alpha value is -0.960. The first-order chi connectivity index (χ1) is 9.17. The van der Waals surface area contributed by atoms with Gasteiger partial charge in [-0.2, -0.15) is 10.2 Å². The summed E-state index contributed by atoms with van der Waals surface area (Å²) in [5, 5.41) is 11.9. The van der Waals surface area contributed by atoms with Crippen LogP contribution in [0.5, 0.6) is 0 Å². The Labute approximate surface area is 116 Å². The lowest BCUT2D eigenvalue weighted by Crippen LogP contribution is -2.24. The highest BCUT2D eigenvalue weighted by Gasteiger charge is 2.40. The molecule has 4 atom stereocenters. The molecular weight excluding hydrogens is 234 g/mol. The topological polar surface area (TPSA) is 37.8 Å². The maximum atomic E-state index is 4.28. The monoisotopic (exact) mass is 259 g/mol. The molecule has 1 heterocycles. The second-order valence-electron chi connectivity index (χ2n) is 6.54. The Kier molecular flexibility index (Phi) is 3.57. The van der Waals surface area contributed by atoms with Crippen LogP contribution in [-0.2, 0) is 0 Å². The van der Waals surface area contributed by atoms with Gasteiger partial charge in [-0.15, -0.1) is 0 Å². The molecular formula is C16H25N3. The first kappa shape index (κ1) is 13.0. The molecule has 2 bridgehead atoms. The lowest BCUT2D eigenvalue weighted by molar-refractivity contribution is 0.283. The molecule has 0 saturated heterocycles. The first-order valence-electron chi connectivity index (χ1n) is 7.65. The summed E-state index contributed by atoms with van der Waals surface area (Å²) in [5.74, 6) is 2.95. The molecule has 3 heteroatoms. The molecule has 3 rings (SSSR count). The maximum Gasteiger partial charge on any atom is 0.0648 e. The van der Waals surface area contributed by atoms with E-state index in [1.807, 2.05) is 6.92 Å². The van der Waals surface area contributed by atoms with E-state index >= 15 is 0 Å². The molecule has 0 aliphatic heterocycles. The standard InChI is InChI=1S/C16H25N3/c1-10-6-15(11(2)19-18-10)16(17-3)9-14-8-12-4-5-13(14)7-12/h6,12-14,16-17H,4-5,7-9H2,1-3H3. The predicted molar refractivity (Wildman–Crippen MR) is 76.9 cm³/mol. The normalized spacial score (nSPS) is 30.8. The molecule has 1 N–H and O–H groups in total. The van der Waals surface area contributed by atoms with Gasteiger partial charge in [0.1, 0.15) is 0 Å². The van der Waals surface area contributed by atoms with Crippen molar-refractivity contribution in [2.45, 2.75) is 52.0 Å². The Morgan fingerprint density at radius 1 is 1.26 bits per heavy atom. The number of fused-ring (bicyclic) bond motifs is 2. The van der Waals surface area contributed by atoms with Crippen LogP contribution in [0.15, 0.2) is 6.07 Å². The zero-order valence-corrected chi connectivity index (χ0v) is 12.3. The fourth-order valence-corrected chi connectivity index (χ4v) is 4.29. The number of hydrogen-bond donors (Lipinski definition) is 1. The average molecular weight is 259 g/mol. The van der Waals surface area contributed by atoms with E-state index in [1.54, 1.807) is 0 Å². The van der Waals surface area contributed by atoms with Gasteiger partial charge in [-0.05, 0) is 76.0 Å². The highest BCUT2D eigenvalue weighted by molar-refractivity contribution is 5.24. The van der Waals surface area contributed by atoms with Crippen LogP contribution < -0.4 is 5.32 Å². The number of hydrogen-bond acceptors (Lipinski definition) is 3. The molecule has 2 aliphatic rings. The summed E-state index contributed by atoms with van der Waals surface area (Å²) in [7, 11) is 2.08. The average Bonchev–Trinajstić information content (AvgIpc) is 3.01. The minimum atomic E-state index is 0.443. The van der Waals surface area contributed by atoms with Gasteiger partial charge in [0.15, 0.2) is 0 Å². The summed E-state index contributed by atoms with van der Waals surface area (Å²) in [6.45, 7) is 4.10. The molecule has 1 aromatic rings. The molecule has 1 aromatic heterocycles. The second-order valence-corrected chi connectivity index (χ2v) is 6.54. The summed E-state index contributed by atoms with van der Waals surface area (Å²) in [4.78, 5) is 0. The zero-order valence-electron chi connectivity index (χ0n) is 12.3. The van der Waals surface area contributed by atoms with Crippen LogP contribution in [0.25, 0.3) is 0 Å². The quantitative estimate of drug-likeness (QED) is 0.902. The highest BCUT2D eigenvalue weighted by Crippen LogP contribution is 2.50. The van der Waals surface area contributed by atoms with Gasteiger partial charge in [-0.25, -0.2) is 0 Å². The van der Waals surface area contributed by atoms with Crippen molar-refractivity contribution in [3.63, 3.8) is 0 Å². The van der Waals surface area contributed by atoms with E-state index in [1.165, 1.54) is 37.7 Å². The summed E-state index contributed by atoms with van der Waals surface area (Å²) in [6, 6.07) is 2.65. The Morgan fingerprint density at radius 2 is 2.11 bits per heavy atom. The van der Waals surface area contributed by atoms with Crippen molar-refractivity contribution in [3.8, 4) is 0 Å². The third-order valence-corrected chi connectivity index (χ3v) is 5.29. The largest absolute Gasteiger partial charge is 0.313 e. The van der Waals surface area contributed by atoms with Crippen LogP contribution in [0, 0.1) is 31.6 Å². The highest BCUT2D eigenvalue weighted by atomic mass is 15.1. The molecule has 4 unspecified atom stereocenters. The van der Waals surface area contributed by atoms with Crippen LogP contribution in [0.2, 0.25) is 0 Å². The van der Waals surface area contributed by atoms with Crippen molar-refractivity contribution in [2.24, 2.45) is 17.8 Å². The summed E-state index contributed by atoms with van der Waals surface area (Å²) in [6.07, 6.45) is 7.18. The molecule has 19 heavy (non-hydrogen) atoms. The number of aryl methyl sites for hydroxylation is 2. The molecule has 3 nitrogen and oxygen atoms in total. The SMILES string of the molecule is CNC(CC1CC2CCC1C2)c1cc(C)nnc1C. The number of nitrogens with one attached hydrogen (secondary N) is 1. The van der Waals surface area contributed by atoms with Gasteiger partial charge < -0.3 is 5.32 Å². The van der Waals surface area contributed by atoms with E-state index in [9.17, 15) is 0 Å². The molecule has 2 fully saturated rings. The third kappa shape index (κ3) is 2.53. The van der Waals surface area contributed by atoms with Crippen molar-refractivity contribution in [2.75, 3.05) is 7.05 Å². The molecule has 2 aliphatic carbocycles. The van der Waals surface area contributed by atoms with Gasteiger partial charge in [0.25, 0.3) is 0 Å². The fraction of sp³-hybridized carbons (Fsp3) is 0.750. The van der Waals surface area contributed by atoms with Crippen LogP contribution in [-0.4, -0.2) is 17.2 Å². The van der Waals surface area contributed by atoms with E-state index in [4.69, 9.17) is 0 Å². The maximum absolute atomic E-state index is 4.28. The molecule has 0 aromatic carbocycles. The van der Waals surface area contributed by atoms with E-state index < -0.39 is 0 Å². The Morgan fingerprint density at radius 3 is 2.74 bits per heavy atom. The molecule has 0 spiro atoms. The van der Waals surface area contributed by atoms with Crippen LogP contribution in [0.1, 0.15) is 55.1 Å². The van der Waals surface area contributed by atoms with Crippen molar-refractivity contribution in [1.82, 2.24) is 15.5 Å². The van der Waals surface area contributed by atoms with Gasteiger partial charge in [-0.3, -0.25) is 0 Å². The third-order valence-electron chi connectivity index (χ3n) is 5.29. The predicted octanol–water partition coefficient (Wildman–Crippen LogP) is 3.18. The van der Waals surface area contributed by atoms with Crippen LogP contribution in [0.4, 0.5) is 0 Å². The molecule has 2 saturated carbocycles. The fourth-order valence-electron chi connectivity index (χ4n) is 4.29. The molecule has 0 radical (unpaired) electrons. The van der Waals surface area contributed by atoms with Crippen molar-refractivity contribution >= 4 is 0 Å². The molecule has 0 amide bonds. The minimum absolute atomic E-state index is 0.443. The van der Waals surface area contributed by atoms with Crippen molar-refractivity contribution in [3.05, 3.63) is 23.0 Å². The van der Waals surface area contributed by atoms with E-state index in [-0.39, 0.29) is 0 Å². The summed E-state index contributed by atoms with van der Waals surface area (Å²) >= 11 is 0.